The third-order valence-corrected chi connectivity index (χ3v) is 6.93. The molecule has 2 heteroatoms. The van der Waals surface area contributed by atoms with E-state index in [1.165, 1.54) is 69.8 Å². The van der Waals surface area contributed by atoms with E-state index in [0.717, 1.165) is 6.42 Å². The quantitative estimate of drug-likeness (QED) is 0.378. The molecule has 25 heavy (non-hydrogen) atoms. The minimum atomic E-state index is 0.00244. The van der Waals surface area contributed by atoms with E-state index in [2.05, 4.69) is 33.8 Å². The molecule has 0 amide bonds. The van der Waals surface area contributed by atoms with Crippen LogP contribution in [0.3, 0.4) is 0 Å². The minimum Gasteiger partial charge on any atom is -0.465 e. The number of allylic oxidation sites excluding steroid dienone is 1. The van der Waals surface area contributed by atoms with Crippen LogP contribution in [0.25, 0.3) is 0 Å². The molecule has 2 aliphatic rings. The number of esters is 1. The van der Waals surface area contributed by atoms with Crippen molar-refractivity contribution in [3.63, 3.8) is 0 Å². The molecule has 0 radical (unpaired) electrons. The highest BCUT2D eigenvalue weighted by molar-refractivity contribution is 5.72. The normalized spacial score (nSPS) is 24.6. The van der Waals surface area contributed by atoms with E-state index in [4.69, 9.17) is 4.74 Å². The molecule has 2 nitrogen and oxygen atoms in total. The zero-order valence-electron chi connectivity index (χ0n) is 17.1. The summed E-state index contributed by atoms with van der Waals surface area (Å²) in [5.41, 5.74) is 1.42. The molecule has 2 fully saturated rings. The Morgan fingerprint density at radius 2 is 1.64 bits per heavy atom. The maximum absolute atomic E-state index is 12.7. The highest BCUT2D eigenvalue weighted by Crippen LogP contribution is 2.41. The van der Waals surface area contributed by atoms with E-state index in [1.807, 2.05) is 0 Å². The minimum absolute atomic E-state index is 0.00244. The molecule has 0 spiro atoms. The maximum Gasteiger partial charge on any atom is 0.308 e. The number of carbonyl (C=O) groups excluding carboxylic acids is 1. The summed E-state index contributed by atoms with van der Waals surface area (Å²) < 4.78 is 5.94. The Bertz CT molecular complexity index is 441. The van der Waals surface area contributed by atoms with Gasteiger partial charge in [0.15, 0.2) is 0 Å². The van der Waals surface area contributed by atoms with Crippen LogP contribution in [0.15, 0.2) is 11.6 Å². The molecule has 2 atom stereocenters. The first-order chi connectivity index (χ1) is 12.0. The summed E-state index contributed by atoms with van der Waals surface area (Å²) in [5, 5.41) is 0. The molecule has 0 aromatic heterocycles. The topological polar surface area (TPSA) is 26.3 Å². The highest BCUT2D eigenvalue weighted by atomic mass is 16.5. The zero-order valence-corrected chi connectivity index (χ0v) is 17.1. The summed E-state index contributed by atoms with van der Waals surface area (Å²) in [5.74, 6) is 1.29. The molecule has 0 aromatic rings. The van der Waals surface area contributed by atoms with Crippen molar-refractivity contribution in [3.8, 4) is 0 Å². The van der Waals surface area contributed by atoms with E-state index >= 15 is 0 Å². The molecule has 0 heterocycles. The van der Waals surface area contributed by atoms with Crippen LogP contribution in [-0.4, -0.2) is 12.6 Å². The van der Waals surface area contributed by atoms with Crippen LogP contribution in [0.2, 0.25) is 0 Å². The van der Waals surface area contributed by atoms with E-state index < -0.39 is 0 Å². The Hall–Kier alpha value is -0.790. The lowest BCUT2D eigenvalue weighted by Gasteiger charge is -2.38. The van der Waals surface area contributed by atoms with Gasteiger partial charge in [0, 0.05) is 5.41 Å². The lowest BCUT2D eigenvalue weighted by Crippen LogP contribution is -2.35. The number of carbonyl (C=O) groups is 1. The second-order valence-corrected chi connectivity index (χ2v) is 8.98. The van der Waals surface area contributed by atoms with Crippen molar-refractivity contribution >= 4 is 5.97 Å². The summed E-state index contributed by atoms with van der Waals surface area (Å²) in [6, 6.07) is 0. The van der Waals surface area contributed by atoms with Gasteiger partial charge in [-0.15, -0.1) is 0 Å². The second kappa shape index (κ2) is 9.78. The molecule has 2 aliphatic carbocycles. The van der Waals surface area contributed by atoms with Crippen molar-refractivity contribution in [3.05, 3.63) is 11.6 Å². The van der Waals surface area contributed by atoms with Crippen molar-refractivity contribution in [2.24, 2.45) is 23.2 Å². The van der Waals surface area contributed by atoms with Gasteiger partial charge in [0.2, 0.25) is 0 Å². The second-order valence-electron chi connectivity index (χ2n) is 8.98. The lowest BCUT2D eigenvalue weighted by molar-refractivity contribution is -0.154. The summed E-state index contributed by atoms with van der Waals surface area (Å²) in [4.78, 5) is 12.7. The number of hydrogen-bond acceptors (Lipinski definition) is 2. The molecule has 144 valence electrons. The average Bonchev–Trinajstić information content (AvgIpc) is 2.66. The monoisotopic (exact) mass is 348 g/mol. The molecule has 0 bridgehead atoms. The molecular weight excluding hydrogens is 308 g/mol. The fourth-order valence-corrected chi connectivity index (χ4v) is 4.89. The predicted molar refractivity (Wildman–Crippen MR) is 105 cm³/mol. The summed E-state index contributed by atoms with van der Waals surface area (Å²) >= 11 is 0. The maximum atomic E-state index is 12.7. The Labute approximate surface area is 155 Å². The third kappa shape index (κ3) is 5.86. The smallest absolute Gasteiger partial charge is 0.308 e. The van der Waals surface area contributed by atoms with Gasteiger partial charge in [-0.3, -0.25) is 4.79 Å². The van der Waals surface area contributed by atoms with Crippen LogP contribution in [0.4, 0.5) is 0 Å². The third-order valence-electron chi connectivity index (χ3n) is 6.93. The van der Waals surface area contributed by atoms with Crippen molar-refractivity contribution < 1.29 is 9.53 Å². The average molecular weight is 349 g/mol. The van der Waals surface area contributed by atoms with Gasteiger partial charge in [-0.05, 0) is 50.9 Å². The van der Waals surface area contributed by atoms with Crippen LogP contribution in [0, 0.1) is 23.2 Å². The Morgan fingerprint density at radius 1 is 1.08 bits per heavy atom. The molecule has 0 saturated heterocycles. The van der Waals surface area contributed by atoms with Crippen LogP contribution in [-0.2, 0) is 9.53 Å². The largest absolute Gasteiger partial charge is 0.465 e. The molecule has 2 rings (SSSR count). The van der Waals surface area contributed by atoms with Crippen LogP contribution in [0.1, 0.15) is 98.3 Å². The van der Waals surface area contributed by atoms with E-state index in [9.17, 15) is 4.79 Å². The predicted octanol–water partition coefficient (Wildman–Crippen LogP) is 6.69. The highest BCUT2D eigenvalue weighted by Gasteiger charge is 2.36. The van der Waals surface area contributed by atoms with Crippen LogP contribution < -0.4 is 0 Å². The number of hydrogen-bond donors (Lipinski definition) is 0. The van der Waals surface area contributed by atoms with Crippen molar-refractivity contribution in [1.29, 1.82) is 0 Å². The standard InChI is InChI=1S/C23H40O2/c1-5-18(2)16-23(4,21-14-10-7-11-15-21)17-25-22(24)19(3)20-12-8-6-9-13-20/h16,19-21H,5-15,17H2,1-4H3. The summed E-state index contributed by atoms with van der Waals surface area (Å²) in [7, 11) is 0. The Balaban J connectivity index is 1.99. The van der Waals surface area contributed by atoms with Crippen molar-refractivity contribution in [2.75, 3.05) is 6.61 Å². The van der Waals surface area contributed by atoms with Crippen molar-refractivity contribution in [2.45, 2.75) is 98.3 Å². The van der Waals surface area contributed by atoms with E-state index in [-0.39, 0.29) is 17.3 Å². The fourth-order valence-electron chi connectivity index (χ4n) is 4.89. The first-order valence-corrected chi connectivity index (χ1v) is 10.8. The van der Waals surface area contributed by atoms with Gasteiger partial charge in [0.1, 0.15) is 6.61 Å². The first-order valence-electron chi connectivity index (χ1n) is 10.8. The first kappa shape index (κ1) is 20.5. The van der Waals surface area contributed by atoms with Crippen molar-refractivity contribution in [1.82, 2.24) is 0 Å². The van der Waals surface area contributed by atoms with Gasteiger partial charge in [0.05, 0.1) is 5.92 Å². The van der Waals surface area contributed by atoms with E-state index in [1.54, 1.807) is 0 Å². The number of rotatable bonds is 7. The van der Waals surface area contributed by atoms with Gasteiger partial charge >= 0.3 is 5.97 Å². The van der Waals surface area contributed by atoms with Crippen LogP contribution >= 0.6 is 0 Å². The zero-order chi connectivity index (χ0) is 18.3. The molecule has 2 unspecified atom stereocenters. The Morgan fingerprint density at radius 3 is 2.20 bits per heavy atom. The Kier molecular flexibility index (Phi) is 8.03. The van der Waals surface area contributed by atoms with Gasteiger partial charge in [-0.1, -0.05) is 70.9 Å². The molecule has 0 aromatic carbocycles. The molecule has 2 saturated carbocycles. The summed E-state index contributed by atoms with van der Waals surface area (Å²) in [6.45, 7) is 9.40. The van der Waals surface area contributed by atoms with Gasteiger partial charge < -0.3 is 4.74 Å². The van der Waals surface area contributed by atoms with Gasteiger partial charge in [0.25, 0.3) is 0 Å². The SMILES string of the molecule is CCC(C)=CC(C)(COC(=O)C(C)C1CCCCC1)C1CCCCC1. The molecular formula is C23H40O2. The fraction of sp³-hybridized carbons (Fsp3) is 0.870. The van der Waals surface area contributed by atoms with E-state index in [0.29, 0.717) is 18.4 Å². The number of ether oxygens (including phenoxy) is 1. The molecule has 0 aliphatic heterocycles. The molecule has 0 N–H and O–H groups in total. The van der Waals surface area contributed by atoms with Gasteiger partial charge in [-0.2, -0.15) is 0 Å². The van der Waals surface area contributed by atoms with Gasteiger partial charge in [-0.25, -0.2) is 0 Å². The van der Waals surface area contributed by atoms with Crippen LogP contribution in [0.5, 0.6) is 0 Å². The lowest BCUT2D eigenvalue weighted by atomic mass is 9.69. The summed E-state index contributed by atoms with van der Waals surface area (Å²) in [6.07, 6.45) is 16.4.